The van der Waals surface area contributed by atoms with E-state index in [0.29, 0.717) is 18.8 Å². The maximum Gasteiger partial charge on any atom is 0.235 e. The third kappa shape index (κ3) is 4.13. The van der Waals surface area contributed by atoms with Gasteiger partial charge in [0, 0.05) is 37.6 Å². The molecule has 3 saturated heterocycles. The van der Waals surface area contributed by atoms with E-state index in [0.717, 1.165) is 74.9 Å². The van der Waals surface area contributed by atoms with E-state index in [1.807, 2.05) is 11.7 Å². The van der Waals surface area contributed by atoms with Crippen LogP contribution in [0, 0.1) is 5.92 Å². The van der Waals surface area contributed by atoms with Crippen LogP contribution in [-0.4, -0.2) is 58.5 Å². The summed E-state index contributed by atoms with van der Waals surface area (Å²) in [5.41, 5.74) is 2.45. The Kier molecular flexibility index (Phi) is 5.67. The number of carbonyl (C=O) groups excluding carboxylic acids is 2. The Morgan fingerprint density at radius 3 is 2.62 bits per heavy atom. The number of nitrogens with zero attached hydrogens (tertiary/aromatic N) is 3. The maximum absolute atomic E-state index is 12.4. The zero-order valence-corrected chi connectivity index (χ0v) is 18.8. The first-order valence-corrected chi connectivity index (χ1v) is 11.9. The lowest BCUT2D eigenvalue weighted by Gasteiger charge is -2.39. The van der Waals surface area contributed by atoms with Gasteiger partial charge in [-0.15, -0.1) is 0 Å². The van der Waals surface area contributed by atoms with E-state index in [1.54, 1.807) is 0 Å². The Hall–Kier alpha value is -2.45. The molecule has 4 heterocycles. The molecule has 8 nitrogen and oxygen atoms in total. The van der Waals surface area contributed by atoms with Crippen LogP contribution in [-0.2, 0) is 16.6 Å². The van der Waals surface area contributed by atoms with Gasteiger partial charge in [0.25, 0.3) is 0 Å². The van der Waals surface area contributed by atoms with Crippen molar-refractivity contribution < 1.29 is 14.7 Å². The highest BCUT2D eigenvalue weighted by molar-refractivity contribution is 6.02. The normalized spacial score (nSPS) is 24.7. The lowest BCUT2D eigenvalue weighted by atomic mass is 9.80. The smallest absolute Gasteiger partial charge is 0.235 e. The molecule has 1 atom stereocenters. The summed E-state index contributed by atoms with van der Waals surface area (Å²) in [5, 5.41) is 22.3. The molecule has 3 fully saturated rings. The summed E-state index contributed by atoms with van der Waals surface area (Å²) in [5.74, 6) is -0.250. The number of hydrogen-bond donors (Lipinski definition) is 3. The van der Waals surface area contributed by atoms with Crippen molar-refractivity contribution in [3.05, 3.63) is 23.9 Å². The molecule has 172 valence electrons. The second-order valence-corrected chi connectivity index (χ2v) is 9.82. The minimum Gasteiger partial charge on any atom is -0.390 e. The van der Waals surface area contributed by atoms with E-state index in [9.17, 15) is 14.7 Å². The second kappa shape index (κ2) is 8.48. The summed E-state index contributed by atoms with van der Waals surface area (Å²) >= 11 is 0. The maximum atomic E-state index is 12.4. The molecule has 0 radical (unpaired) electrons. The molecule has 1 unspecified atom stereocenters. The first-order valence-electron chi connectivity index (χ1n) is 11.9. The standard InChI is InChI=1S/C24H33N5O3/c1-28-20-14-17(2-3-18(20)22(27-28)19-4-5-21(30)26-23(19)31)29-12-6-16(7-13-29)15-24(32)8-10-25-11-9-24/h2-3,14,16,19,25,32H,4-13,15H2,1H3,(H,26,30,31). The number of piperidine rings is 3. The fourth-order valence-corrected chi connectivity index (χ4v) is 5.71. The van der Waals surface area contributed by atoms with Crippen molar-refractivity contribution in [1.82, 2.24) is 20.4 Å². The van der Waals surface area contributed by atoms with E-state index in [1.165, 1.54) is 5.69 Å². The quantitative estimate of drug-likeness (QED) is 0.629. The third-order valence-corrected chi connectivity index (χ3v) is 7.62. The van der Waals surface area contributed by atoms with Crippen LogP contribution in [0.1, 0.15) is 56.6 Å². The van der Waals surface area contributed by atoms with Crippen molar-refractivity contribution in [3.63, 3.8) is 0 Å². The number of carbonyl (C=O) groups is 2. The molecule has 3 N–H and O–H groups in total. The number of anilines is 1. The molecule has 2 amide bonds. The zero-order valence-electron chi connectivity index (χ0n) is 18.8. The van der Waals surface area contributed by atoms with Gasteiger partial charge in [0.1, 0.15) is 0 Å². The first-order chi connectivity index (χ1) is 15.4. The van der Waals surface area contributed by atoms with Gasteiger partial charge in [-0.3, -0.25) is 19.6 Å². The first kappa shape index (κ1) is 21.4. The van der Waals surface area contributed by atoms with E-state index in [-0.39, 0.29) is 17.7 Å². The summed E-state index contributed by atoms with van der Waals surface area (Å²) in [6.07, 6.45) is 5.70. The number of aryl methyl sites for hydroxylation is 1. The second-order valence-electron chi connectivity index (χ2n) is 9.82. The molecule has 0 spiro atoms. The Bertz CT molecular complexity index is 1020. The fraction of sp³-hybridized carbons (Fsp3) is 0.625. The van der Waals surface area contributed by atoms with Gasteiger partial charge in [0.05, 0.1) is 22.7 Å². The lowest BCUT2D eigenvalue weighted by molar-refractivity contribution is -0.134. The van der Waals surface area contributed by atoms with E-state index >= 15 is 0 Å². The minimum absolute atomic E-state index is 0.204. The van der Waals surface area contributed by atoms with Crippen LogP contribution in [0.4, 0.5) is 5.69 Å². The highest BCUT2D eigenvalue weighted by Crippen LogP contribution is 2.35. The number of fused-ring (bicyclic) bond motifs is 1. The number of hydrogen-bond acceptors (Lipinski definition) is 6. The van der Waals surface area contributed by atoms with Crippen molar-refractivity contribution in [2.24, 2.45) is 13.0 Å². The van der Waals surface area contributed by atoms with Gasteiger partial charge < -0.3 is 15.3 Å². The van der Waals surface area contributed by atoms with Crippen LogP contribution in [0.15, 0.2) is 18.2 Å². The van der Waals surface area contributed by atoms with Gasteiger partial charge in [-0.05, 0) is 75.7 Å². The van der Waals surface area contributed by atoms with Gasteiger partial charge >= 0.3 is 0 Å². The molecular weight excluding hydrogens is 406 g/mol. The van der Waals surface area contributed by atoms with Crippen molar-refractivity contribution >= 4 is 28.4 Å². The van der Waals surface area contributed by atoms with Crippen LogP contribution < -0.4 is 15.5 Å². The van der Waals surface area contributed by atoms with E-state index in [4.69, 9.17) is 0 Å². The molecule has 0 aliphatic carbocycles. The predicted molar refractivity (Wildman–Crippen MR) is 122 cm³/mol. The molecule has 8 heteroatoms. The summed E-state index contributed by atoms with van der Waals surface area (Å²) in [6, 6.07) is 6.36. The van der Waals surface area contributed by atoms with Crippen LogP contribution in [0.3, 0.4) is 0 Å². The molecule has 0 saturated carbocycles. The van der Waals surface area contributed by atoms with Gasteiger partial charge in [0.2, 0.25) is 11.8 Å². The summed E-state index contributed by atoms with van der Waals surface area (Å²) in [4.78, 5) is 26.3. The summed E-state index contributed by atoms with van der Waals surface area (Å²) in [6.45, 7) is 3.81. The Balaban J connectivity index is 1.28. The fourth-order valence-electron chi connectivity index (χ4n) is 5.71. The largest absolute Gasteiger partial charge is 0.390 e. The summed E-state index contributed by atoms with van der Waals surface area (Å²) in [7, 11) is 1.91. The molecule has 5 rings (SSSR count). The number of imide groups is 1. The van der Waals surface area contributed by atoms with Gasteiger partial charge in [-0.2, -0.15) is 5.10 Å². The molecular formula is C24H33N5O3. The third-order valence-electron chi connectivity index (χ3n) is 7.62. The number of nitrogens with one attached hydrogen (secondary N) is 2. The monoisotopic (exact) mass is 439 g/mol. The molecule has 1 aromatic heterocycles. The Morgan fingerprint density at radius 2 is 1.91 bits per heavy atom. The van der Waals surface area contributed by atoms with E-state index in [2.05, 4.69) is 38.8 Å². The van der Waals surface area contributed by atoms with Crippen molar-refractivity contribution in [3.8, 4) is 0 Å². The average Bonchev–Trinajstić information content (AvgIpc) is 3.10. The van der Waals surface area contributed by atoms with Crippen LogP contribution in [0.5, 0.6) is 0 Å². The molecule has 1 aromatic carbocycles. The molecule has 2 aromatic rings. The van der Waals surface area contributed by atoms with Crippen LogP contribution in [0.25, 0.3) is 10.9 Å². The average molecular weight is 440 g/mol. The summed E-state index contributed by atoms with van der Waals surface area (Å²) < 4.78 is 1.84. The highest BCUT2D eigenvalue weighted by Gasteiger charge is 2.34. The molecule has 32 heavy (non-hydrogen) atoms. The molecule has 3 aliphatic heterocycles. The Morgan fingerprint density at radius 1 is 1.16 bits per heavy atom. The topological polar surface area (TPSA) is 99.5 Å². The number of rotatable bonds is 4. The van der Waals surface area contributed by atoms with Crippen molar-refractivity contribution in [2.75, 3.05) is 31.1 Å². The minimum atomic E-state index is -0.488. The van der Waals surface area contributed by atoms with Gasteiger partial charge in [-0.25, -0.2) is 0 Å². The number of aromatic nitrogens is 2. The van der Waals surface area contributed by atoms with Crippen LogP contribution >= 0.6 is 0 Å². The SMILES string of the molecule is Cn1nc(C2CCC(=O)NC2=O)c2ccc(N3CCC(CC4(O)CCNCC4)CC3)cc21. The van der Waals surface area contributed by atoms with E-state index < -0.39 is 5.60 Å². The number of amides is 2. The van der Waals surface area contributed by atoms with Gasteiger partial charge in [-0.1, -0.05) is 0 Å². The highest BCUT2D eigenvalue weighted by atomic mass is 16.3. The van der Waals surface area contributed by atoms with Crippen molar-refractivity contribution in [2.45, 2.75) is 56.5 Å². The number of aliphatic hydroxyl groups is 1. The van der Waals surface area contributed by atoms with Crippen LogP contribution in [0.2, 0.25) is 0 Å². The zero-order chi connectivity index (χ0) is 22.3. The van der Waals surface area contributed by atoms with Crippen molar-refractivity contribution in [1.29, 1.82) is 0 Å². The Labute approximate surface area is 188 Å². The van der Waals surface area contributed by atoms with Gasteiger partial charge in [0.15, 0.2) is 0 Å². The molecule has 0 bridgehead atoms. The lowest BCUT2D eigenvalue weighted by Crippen LogP contribution is -2.44. The molecule has 3 aliphatic rings. The number of benzene rings is 1. The predicted octanol–water partition coefficient (Wildman–Crippen LogP) is 1.81.